The molecule has 12 heteroatoms. The lowest BCUT2D eigenvalue weighted by atomic mass is 10.0. The highest BCUT2D eigenvalue weighted by Crippen LogP contribution is 2.33. The van der Waals surface area contributed by atoms with Crippen LogP contribution in [-0.4, -0.2) is 87.9 Å². The second-order valence-electron chi connectivity index (χ2n) is 11.5. The van der Waals surface area contributed by atoms with E-state index < -0.39 is 6.10 Å². The van der Waals surface area contributed by atoms with Crippen LogP contribution < -0.4 is 14.8 Å². The maximum atomic E-state index is 13.4. The molecule has 0 radical (unpaired) electrons. The molecule has 46 heavy (non-hydrogen) atoms. The normalized spacial score (nSPS) is 19.4. The van der Waals surface area contributed by atoms with E-state index in [1.54, 1.807) is 16.9 Å². The van der Waals surface area contributed by atoms with Crippen molar-refractivity contribution in [2.45, 2.75) is 51.5 Å². The number of carbonyl (C=O) groups is 3. The summed E-state index contributed by atoms with van der Waals surface area (Å²) in [6.07, 6.45) is 0.741. The van der Waals surface area contributed by atoms with Gasteiger partial charge in [-0.15, -0.1) is 0 Å². The van der Waals surface area contributed by atoms with Gasteiger partial charge < -0.3 is 29.3 Å². The fraction of sp³-hybridized carbons (Fsp3) is 0.382. The SMILES string of the molecule is CCN1CC(=O)N[C@H]2CCN(C(=O)Cn3nc4ccccc4n3)C[C@@H]2OCc2cccc(c2)Oc2cc(ccc2OC)CCC1=O. The fourth-order valence-electron chi connectivity index (χ4n) is 5.87. The molecule has 4 aromatic rings. The van der Waals surface area contributed by atoms with Gasteiger partial charge in [-0.05, 0) is 67.3 Å². The zero-order chi connectivity index (χ0) is 32.0. The number of rotatable bonds is 4. The second kappa shape index (κ2) is 14.0. The quantitative estimate of drug-likeness (QED) is 0.366. The Hall–Kier alpha value is -4.97. The number of likely N-dealkylation sites (N-methyl/N-ethyl adjacent to an activating group) is 1. The highest BCUT2D eigenvalue weighted by atomic mass is 16.5. The zero-order valence-corrected chi connectivity index (χ0v) is 26.1. The number of methoxy groups -OCH3 is 1. The van der Waals surface area contributed by atoms with Crippen LogP contribution in [0.25, 0.3) is 11.0 Å². The largest absolute Gasteiger partial charge is 0.493 e. The minimum Gasteiger partial charge on any atom is -0.493 e. The molecule has 0 spiro atoms. The Morgan fingerprint density at radius 1 is 1.00 bits per heavy atom. The van der Waals surface area contributed by atoms with Gasteiger partial charge in [0.05, 0.1) is 32.4 Å². The summed E-state index contributed by atoms with van der Waals surface area (Å²) in [5.74, 6) is 1.21. The van der Waals surface area contributed by atoms with Crippen LogP contribution in [-0.2, 0) is 38.7 Å². The molecule has 1 aromatic heterocycles. The van der Waals surface area contributed by atoms with Crippen molar-refractivity contribution in [2.75, 3.05) is 33.3 Å². The van der Waals surface area contributed by atoms with Gasteiger partial charge >= 0.3 is 0 Å². The maximum Gasteiger partial charge on any atom is 0.246 e. The predicted octanol–water partition coefficient (Wildman–Crippen LogP) is 3.33. The number of likely N-dealkylation sites (tertiary alicyclic amines) is 1. The molecule has 0 saturated carbocycles. The summed E-state index contributed by atoms with van der Waals surface area (Å²) in [7, 11) is 1.58. The summed E-state index contributed by atoms with van der Waals surface area (Å²) < 4.78 is 18.2. The number of hydrogen-bond acceptors (Lipinski definition) is 8. The van der Waals surface area contributed by atoms with Crippen molar-refractivity contribution in [3.05, 3.63) is 77.9 Å². The van der Waals surface area contributed by atoms with Crippen LogP contribution in [0.3, 0.4) is 0 Å². The van der Waals surface area contributed by atoms with Crippen molar-refractivity contribution in [3.8, 4) is 17.2 Å². The lowest BCUT2D eigenvalue weighted by molar-refractivity contribution is -0.140. The van der Waals surface area contributed by atoms with Gasteiger partial charge in [-0.2, -0.15) is 15.0 Å². The molecule has 1 saturated heterocycles. The Morgan fingerprint density at radius 2 is 1.80 bits per heavy atom. The molecule has 12 nitrogen and oxygen atoms in total. The van der Waals surface area contributed by atoms with Crippen LogP contribution in [0.1, 0.15) is 30.9 Å². The van der Waals surface area contributed by atoms with Crippen LogP contribution in [0, 0.1) is 0 Å². The van der Waals surface area contributed by atoms with E-state index in [4.69, 9.17) is 14.2 Å². The number of piperidine rings is 1. The zero-order valence-electron chi connectivity index (χ0n) is 26.1. The first kappa shape index (κ1) is 31.0. The summed E-state index contributed by atoms with van der Waals surface area (Å²) in [6.45, 7) is 3.15. The van der Waals surface area contributed by atoms with E-state index in [2.05, 4.69) is 15.5 Å². The van der Waals surface area contributed by atoms with Crippen molar-refractivity contribution in [1.29, 1.82) is 0 Å². The third-order valence-corrected chi connectivity index (χ3v) is 8.38. The van der Waals surface area contributed by atoms with Gasteiger partial charge in [-0.1, -0.05) is 30.3 Å². The summed E-state index contributed by atoms with van der Waals surface area (Å²) in [5, 5.41) is 11.9. The van der Waals surface area contributed by atoms with Crippen LogP contribution in [0.5, 0.6) is 17.2 Å². The van der Waals surface area contributed by atoms with Crippen LogP contribution in [0.15, 0.2) is 66.7 Å². The molecule has 1 N–H and O–H groups in total. The van der Waals surface area contributed by atoms with Crippen molar-refractivity contribution >= 4 is 28.8 Å². The number of aryl methyl sites for hydroxylation is 1. The first-order valence-corrected chi connectivity index (χ1v) is 15.6. The molecule has 3 heterocycles. The summed E-state index contributed by atoms with van der Waals surface area (Å²) in [5.41, 5.74) is 3.24. The van der Waals surface area contributed by atoms with E-state index in [-0.39, 0.29) is 56.4 Å². The highest BCUT2D eigenvalue weighted by Gasteiger charge is 2.34. The van der Waals surface area contributed by atoms with E-state index >= 15 is 0 Å². The molecule has 2 atom stereocenters. The molecule has 0 aliphatic carbocycles. The molecule has 240 valence electrons. The Kier molecular flexibility index (Phi) is 9.43. The van der Waals surface area contributed by atoms with E-state index in [9.17, 15) is 14.4 Å². The van der Waals surface area contributed by atoms with Crippen LogP contribution >= 0.6 is 0 Å². The number of hydrogen-bond donors (Lipinski definition) is 1. The second-order valence-corrected chi connectivity index (χ2v) is 11.5. The minimum atomic E-state index is -0.489. The highest BCUT2D eigenvalue weighted by molar-refractivity contribution is 5.85. The molecule has 2 aliphatic rings. The number of ether oxygens (including phenoxy) is 3. The predicted molar refractivity (Wildman–Crippen MR) is 169 cm³/mol. The van der Waals surface area contributed by atoms with Gasteiger partial charge in [0.15, 0.2) is 11.5 Å². The lowest BCUT2D eigenvalue weighted by Crippen LogP contribution is -2.57. The maximum absolute atomic E-state index is 13.4. The van der Waals surface area contributed by atoms with Gasteiger partial charge in [0.25, 0.3) is 0 Å². The van der Waals surface area contributed by atoms with Gasteiger partial charge in [0.1, 0.15) is 23.3 Å². The Bertz CT molecular complexity index is 1690. The van der Waals surface area contributed by atoms with Crippen molar-refractivity contribution < 1.29 is 28.6 Å². The van der Waals surface area contributed by atoms with E-state index in [1.807, 2.05) is 73.7 Å². The topological polar surface area (TPSA) is 128 Å². The Balaban J connectivity index is 1.23. The average molecular weight is 627 g/mol. The molecular formula is C34H38N6O6. The molecule has 3 aromatic carbocycles. The number of nitrogens with zero attached hydrogens (tertiary/aromatic N) is 5. The van der Waals surface area contributed by atoms with Crippen molar-refractivity contribution in [3.63, 3.8) is 0 Å². The van der Waals surface area contributed by atoms with Crippen LogP contribution in [0.4, 0.5) is 0 Å². The van der Waals surface area contributed by atoms with E-state index in [0.29, 0.717) is 43.2 Å². The summed E-state index contributed by atoms with van der Waals surface area (Å²) >= 11 is 0. The molecule has 6 rings (SSSR count). The number of amides is 3. The van der Waals surface area contributed by atoms with E-state index in [0.717, 1.165) is 22.2 Å². The summed E-state index contributed by atoms with van der Waals surface area (Å²) in [6, 6.07) is 20.3. The monoisotopic (exact) mass is 626 g/mol. The number of carbonyl (C=O) groups excluding carboxylic acids is 3. The molecule has 2 aliphatic heterocycles. The third kappa shape index (κ3) is 7.28. The molecule has 3 amide bonds. The van der Waals surface area contributed by atoms with Gasteiger partial charge in [0, 0.05) is 26.1 Å². The number of nitrogens with one attached hydrogen (secondary N) is 1. The first-order valence-electron chi connectivity index (χ1n) is 15.6. The number of benzene rings is 3. The van der Waals surface area contributed by atoms with Crippen molar-refractivity contribution in [2.24, 2.45) is 0 Å². The fourth-order valence-corrected chi connectivity index (χ4v) is 5.87. The minimum absolute atomic E-state index is 0.00392. The molecule has 4 bridgehead atoms. The smallest absolute Gasteiger partial charge is 0.246 e. The standard InChI is InChI=1S/C34H38N6O6/c1-3-38-20-32(41)35-28-15-16-39(34(43)21-40-36-26-9-4-5-10-27(26)37-40)19-31(28)45-22-24-7-6-8-25(17-24)46-30-18-23(12-14-33(38)42)11-13-29(30)44-2/h4-11,13,17-18,28,31H,3,12,14-16,19-22H2,1-2H3,(H,35,41)/t28-,31-/m0/s1. The molecule has 1 fully saturated rings. The Morgan fingerprint density at radius 3 is 2.57 bits per heavy atom. The lowest BCUT2D eigenvalue weighted by Gasteiger charge is -2.39. The van der Waals surface area contributed by atoms with Crippen molar-refractivity contribution in [1.82, 2.24) is 30.1 Å². The number of fused-ring (bicyclic) bond motifs is 6. The van der Waals surface area contributed by atoms with E-state index in [1.165, 1.54) is 4.80 Å². The number of aromatic nitrogens is 3. The van der Waals surface area contributed by atoms with Gasteiger partial charge in [0.2, 0.25) is 17.7 Å². The summed E-state index contributed by atoms with van der Waals surface area (Å²) in [4.78, 5) is 44.5. The first-order chi connectivity index (χ1) is 22.4. The Labute approximate surface area is 267 Å². The van der Waals surface area contributed by atoms with Gasteiger partial charge in [-0.3, -0.25) is 14.4 Å². The molecule has 0 unspecified atom stereocenters. The average Bonchev–Trinajstić information content (AvgIpc) is 3.48. The third-order valence-electron chi connectivity index (χ3n) is 8.38. The van der Waals surface area contributed by atoms with Gasteiger partial charge in [-0.25, -0.2) is 0 Å². The molecular weight excluding hydrogens is 588 g/mol. The van der Waals surface area contributed by atoms with Crippen LogP contribution in [0.2, 0.25) is 0 Å².